The number of rotatable bonds is 6. The zero-order valence-electron chi connectivity index (χ0n) is 17.1. The largest absolute Gasteiger partial charge is 0.365 e. The molecule has 162 valence electrons. The third-order valence-corrected chi connectivity index (χ3v) is 5.61. The number of carbonyl (C=O) groups is 1. The molecule has 1 aromatic carbocycles. The van der Waals surface area contributed by atoms with Crippen LogP contribution in [0, 0.1) is 17.6 Å². The first-order valence-corrected chi connectivity index (χ1v) is 10.1. The van der Waals surface area contributed by atoms with Gasteiger partial charge in [0.15, 0.2) is 5.82 Å². The fourth-order valence-corrected chi connectivity index (χ4v) is 3.87. The molecule has 1 fully saturated rings. The summed E-state index contributed by atoms with van der Waals surface area (Å²) >= 11 is 0. The average molecular weight is 426 g/mol. The van der Waals surface area contributed by atoms with Crippen LogP contribution in [0.4, 0.5) is 20.3 Å². The van der Waals surface area contributed by atoms with Crippen molar-refractivity contribution < 1.29 is 13.6 Å². The minimum Gasteiger partial charge on any atom is -0.365 e. The lowest BCUT2D eigenvalue weighted by Gasteiger charge is -2.37. The maximum Gasteiger partial charge on any atom is 0.254 e. The van der Waals surface area contributed by atoms with Gasteiger partial charge in [-0.2, -0.15) is 5.10 Å². The first kappa shape index (κ1) is 20.9. The summed E-state index contributed by atoms with van der Waals surface area (Å²) in [6.45, 7) is 4.21. The van der Waals surface area contributed by atoms with Gasteiger partial charge in [0.2, 0.25) is 0 Å². The first-order valence-electron chi connectivity index (χ1n) is 10.1. The number of halogens is 2. The van der Waals surface area contributed by atoms with Gasteiger partial charge >= 0.3 is 0 Å². The van der Waals surface area contributed by atoms with Crippen molar-refractivity contribution in [3.8, 4) is 0 Å². The maximum absolute atomic E-state index is 13.5. The number of nitrogens with two attached hydrogens (primary N) is 1. The quantitative estimate of drug-likeness (QED) is 0.630. The number of benzene rings is 1. The predicted octanol–water partition coefficient (Wildman–Crippen LogP) is 3.48. The van der Waals surface area contributed by atoms with Gasteiger partial charge in [0.1, 0.15) is 17.2 Å². The van der Waals surface area contributed by atoms with Crippen molar-refractivity contribution in [1.82, 2.24) is 19.7 Å². The third kappa shape index (κ3) is 4.88. The standard InChI is InChI=1S/C22H24F2N6O/c1-14-7-9-29(11-18-10-16(24)6-8-26-18)13-20(14)30-12-19(21(25)31)22(28-30)27-17-4-2-15(23)3-5-17/h2-6,8,10,12,14,20H,7,9,11,13H2,1H3,(H2,25,31)(H,27,28)/t14-,20-/m1/s1. The van der Waals surface area contributed by atoms with Crippen LogP contribution in [0.2, 0.25) is 0 Å². The highest BCUT2D eigenvalue weighted by Gasteiger charge is 2.30. The van der Waals surface area contributed by atoms with E-state index >= 15 is 0 Å². The monoisotopic (exact) mass is 426 g/mol. The SMILES string of the molecule is C[C@@H]1CCN(Cc2cc(F)ccn2)C[C@H]1n1cc(C(N)=O)c(Nc2ccc(F)cc2)n1. The summed E-state index contributed by atoms with van der Waals surface area (Å²) < 4.78 is 28.5. The van der Waals surface area contributed by atoms with Gasteiger partial charge in [-0.15, -0.1) is 0 Å². The van der Waals surface area contributed by atoms with Crippen molar-refractivity contribution in [3.05, 3.63) is 71.7 Å². The van der Waals surface area contributed by atoms with Crippen molar-refractivity contribution in [3.63, 3.8) is 0 Å². The van der Waals surface area contributed by atoms with E-state index in [4.69, 9.17) is 5.73 Å². The highest BCUT2D eigenvalue weighted by molar-refractivity contribution is 5.98. The normalized spacial score (nSPS) is 19.3. The highest BCUT2D eigenvalue weighted by Crippen LogP contribution is 2.30. The van der Waals surface area contributed by atoms with Gasteiger partial charge in [0, 0.05) is 31.2 Å². The summed E-state index contributed by atoms with van der Waals surface area (Å²) in [5.41, 5.74) is 7.10. The Morgan fingerprint density at radius 2 is 2.00 bits per heavy atom. The molecule has 9 heteroatoms. The van der Waals surface area contributed by atoms with E-state index in [9.17, 15) is 13.6 Å². The number of piperidine rings is 1. The van der Waals surface area contributed by atoms with Gasteiger partial charge in [-0.1, -0.05) is 6.92 Å². The number of hydrogen-bond acceptors (Lipinski definition) is 5. The Morgan fingerprint density at radius 1 is 1.23 bits per heavy atom. The molecule has 0 spiro atoms. The van der Waals surface area contributed by atoms with Gasteiger partial charge < -0.3 is 11.1 Å². The second-order valence-electron chi connectivity index (χ2n) is 7.90. The first-order chi connectivity index (χ1) is 14.9. The van der Waals surface area contributed by atoms with Crippen molar-refractivity contribution >= 4 is 17.4 Å². The molecule has 1 amide bonds. The van der Waals surface area contributed by atoms with Crippen LogP contribution in [-0.4, -0.2) is 38.7 Å². The summed E-state index contributed by atoms with van der Waals surface area (Å²) in [5, 5.41) is 7.64. The van der Waals surface area contributed by atoms with E-state index in [1.807, 2.05) is 0 Å². The molecule has 0 saturated carbocycles. The van der Waals surface area contributed by atoms with Crippen LogP contribution in [0.5, 0.6) is 0 Å². The zero-order valence-corrected chi connectivity index (χ0v) is 17.1. The summed E-state index contributed by atoms with van der Waals surface area (Å²) in [6.07, 6.45) is 4.04. The number of aromatic nitrogens is 3. The number of nitrogens with zero attached hydrogens (tertiary/aromatic N) is 4. The molecular weight excluding hydrogens is 402 g/mol. The molecule has 0 aliphatic carbocycles. The number of likely N-dealkylation sites (tertiary alicyclic amines) is 1. The lowest BCUT2D eigenvalue weighted by Crippen LogP contribution is -2.40. The number of nitrogens with one attached hydrogen (secondary N) is 1. The number of carbonyl (C=O) groups excluding carboxylic acids is 1. The third-order valence-electron chi connectivity index (χ3n) is 5.61. The van der Waals surface area contributed by atoms with Crippen LogP contribution >= 0.6 is 0 Å². The smallest absolute Gasteiger partial charge is 0.254 e. The Morgan fingerprint density at radius 3 is 2.71 bits per heavy atom. The Hall–Kier alpha value is -3.33. The van der Waals surface area contributed by atoms with E-state index in [1.165, 1.54) is 30.5 Å². The van der Waals surface area contributed by atoms with Crippen LogP contribution in [0.25, 0.3) is 0 Å². The van der Waals surface area contributed by atoms with E-state index in [0.29, 0.717) is 36.2 Å². The molecule has 31 heavy (non-hydrogen) atoms. The van der Waals surface area contributed by atoms with Gasteiger partial charge in [-0.25, -0.2) is 8.78 Å². The summed E-state index contributed by atoms with van der Waals surface area (Å²) in [4.78, 5) is 18.4. The predicted molar refractivity (Wildman–Crippen MR) is 113 cm³/mol. The molecular formula is C22H24F2N6O. The maximum atomic E-state index is 13.5. The number of primary amides is 1. The molecule has 1 aliphatic heterocycles. The van der Waals surface area contributed by atoms with E-state index in [0.717, 1.165) is 13.0 Å². The summed E-state index contributed by atoms with van der Waals surface area (Å²) in [5.74, 6) is -0.608. The molecule has 0 bridgehead atoms. The zero-order chi connectivity index (χ0) is 22.0. The number of pyridine rings is 1. The van der Waals surface area contributed by atoms with Crippen LogP contribution in [0.3, 0.4) is 0 Å². The fourth-order valence-electron chi connectivity index (χ4n) is 3.87. The number of anilines is 2. The van der Waals surface area contributed by atoms with E-state index in [2.05, 4.69) is 27.2 Å². The molecule has 2 atom stereocenters. The number of hydrogen-bond donors (Lipinski definition) is 2. The highest BCUT2D eigenvalue weighted by atomic mass is 19.1. The topological polar surface area (TPSA) is 89.1 Å². The van der Waals surface area contributed by atoms with Crippen LogP contribution in [-0.2, 0) is 6.54 Å². The molecule has 4 rings (SSSR count). The number of amides is 1. The van der Waals surface area contributed by atoms with Gasteiger partial charge in [0.25, 0.3) is 5.91 Å². The molecule has 3 N–H and O–H groups in total. The van der Waals surface area contributed by atoms with Crippen LogP contribution in [0.15, 0.2) is 48.8 Å². The molecule has 3 aromatic rings. The average Bonchev–Trinajstić information content (AvgIpc) is 3.15. The van der Waals surface area contributed by atoms with Gasteiger partial charge in [-0.3, -0.25) is 19.4 Å². The Kier molecular flexibility index (Phi) is 5.94. The van der Waals surface area contributed by atoms with Gasteiger partial charge in [-0.05, 0) is 55.3 Å². The Balaban J connectivity index is 1.55. The lowest BCUT2D eigenvalue weighted by molar-refractivity contribution is 0.0999. The van der Waals surface area contributed by atoms with E-state index in [-0.39, 0.29) is 23.2 Å². The van der Waals surface area contributed by atoms with Gasteiger partial charge in [0.05, 0.1) is 11.7 Å². The molecule has 3 heterocycles. The van der Waals surface area contributed by atoms with E-state index in [1.54, 1.807) is 23.0 Å². The molecule has 7 nitrogen and oxygen atoms in total. The molecule has 1 saturated heterocycles. The van der Waals surface area contributed by atoms with Crippen molar-refractivity contribution in [2.45, 2.75) is 25.9 Å². The molecule has 1 aliphatic rings. The van der Waals surface area contributed by atoms with Crippen LogP contribution < -0.4 is 11.1 Å². The van der Waals surface area contributed by atoms with E-state index < -0.39 is 5.91 Å². The molecule has 0 unspecified atom stereocenters. The summed E-state index contributed by atoms with van der Waals surface area (Å²) in [7, 11) is 0. The second kappa shape index (κ2) is 8.81. The van der Waals surface area contributed by atoms with Crippen molar-refractivity contribution in [2.75, 3.05) is 18.4 Å². The fraction of sp³-hybridized carbons (Fsp3) is 0.318. The van der Waals surface area contributed by atoms with Crippen LogP contribution in [0.1, 0.15) is 35.4 Å². The Labute approximate surface area is 178 Å². The second-order valence-corrected chi connectivity index (χ2v) is 7.90. The Bertz CT molecular complexity index is 1070. The minimum absolute atomic E-state index is 0.00387. The van der Waals surface area contributed by atoms with Crippen molar-refractivity contribution in [1.29, 1.82) is 0 Å². The molecule has 2 aromatic heterocycles. The summed E-state index contributed by atoms with van der Waals surface area (Å²) in [6, 6.07) is 8.55. The minimum atomic E-state index is -0.597. The van der Waals surface area contributed by atoms with Crippen molar-refractivity contribution in [2.24, 2.45) is 11.7 Å². The lowest BCUT2D eigenvalue weighted by atomic mass is 9.93. The molecule has 0 radical (unpaired) electrons.